The molecular weight excluding hydrogens is 190 g/mol. The number of nitrogens with zero attached hydrogens (tertiary/aromatic N) is 1. The van der Waals surface area contributed by atoms with Gasteiger partial charge in [-0.1, -0.05) is 0 Å². The molecule has 0 spiro atoms. The Morgan fingerprint density at radius 2 is 0.800 bits per heavy atom. The van der Waals surface area contributed by atoms with E-state index in [1.54, 1.807) is 0 Å². The van der Waals surface area contributed by atoms with Crippen LogP contribution in [0.3, 0.4) is 0 Å². The Hall–Kier alpha value is -0.520. The first kappa shape index (κ1) is 16.2. The smallest absolute Gasteiger partial charge is 0.266 e. The Labute approximate surface area is 61.8 Å². The average molecular weight is 193 g/mol. The number of rotatable bonds is 0. The van der Waals surface area contributed by atoms with Crippen LogP contribution in [0.25, 0.3) is 0 Å². The molecule has 8 nitrogen and oxygen atoms in total. The highest BCUT2D eigenvalue weighted by atomic mass is 32.1. The molecule has 0 amide bonds. The lowest BCUT2D eigenvalue weighted by atomic mass is 13.0. The second-order valence-corrected chi connectivity index (χ2v) is 0.677. The quantitative estimate of drug-likeness (QED) is 0.380. The molecule has 0 aromatic rings. The zero-order chi connectivity index (χ0) is 8.99. The molecule has 0 unspecified atom stereocenters. The van der Waals surface area contributed by atoms with E-state index >= 15 is 0 Å². The second-order valence-electron chi connectivity index (χ2n) is 0.404. The molecule has 0 aliphatic heterocycles. The fraction of sp³-hybridized carbons (Fsp3) is 0. The van der Waals surface area contributed by atoms with Gasteiger partial charge in [0.25, 0.3) is 0 Å². The van der Waals surface area contributed by atoms with Gasteiger partial charge in [-0.05, 0) is 0 Å². The van der Waals surface area contributed by atoms with Crippen molar-refractivity contribution in [3.05, 3.63) is 0 Å². The normalized spacial score (nSPS) is 6.00. The molecule has 0 fully saturated rings. The lowest BCUT2D eigenvalue weighted by Crippen LogP contribution is -2.04. The molecule has 10 heteroatoms. The summed E-state index contributed by atoms with van der Waals surface area (Å²) < 4.78 is 33.2. The maximum absolute atomic E-state index is 8.29. The summed E-state index contributed by atoms with van der Waals surface area (Å²) in [6, 6.07) is 0. The van der Waals surface area contributed by atoms with Crippen LogP contribution in [0.15, 0.2) is 0 Å². The minimum absolute atomic E-state index is 0.750. The van der Waals surface area contributed by atoms with E-state index in [1.165, 1.54) is 0 Å². The van der Waals surface area contributed by atoms with Gasteiger partial charge in [-0.2, -0.15) is 16.8 Å². The van der Waals surface area contributed by atoms with Crippen molar-refractivity contribution in [2.24, 2.45) is 0 Å². The lowest BCUT2D eigenvalue weighted by Gasteiger charge is -1.84. The zero-order valence-corrected chi connectivity index (χ0v) is 5.87. The Kier molecular flexibility index (Phi) is 38.4. The zero-order valence-electron chi connectivity index (χ0n) is 4.24. The molecule has 3 N–H and O–H groups in total. The fourth-order valence-corrected chi connectivity index (χ4v) is 0. The third kappa shape index (κ3) is 1160. The first-order valence-corrected chi connectivity index (χ1v) is 2.60. The molecule has 0 aromatic carbocycles. The van der Waals surface area contributed by atoms with E-state index < -0.39 is 28.5 Å². The SMILES string of the molecule is O=S=O.O=S=O.ON(O)O. The van der Waals surface area contributed by atoms with Crippen molar-refractivity contribution in [1.82, 2.24) is 5.39 Å². The van der Waals surface area contributed by atoms with E-state index in [9.17, 15) is 0 Å². The second kappa shape index (κ2) is 23.6. The van der Waals surface area contributed by atoms with Crippen molar-refractivity contribution in [2.45, 2.75) is 0 Å². The summed E-state index contributed by atoms with van der Waals surface area (Å²) in [5.41, 5.74) is 0. The summed E-state index contributed by atoms with van der Waals surface area (Å²) in [6.45, 7) is 0. The van der Waals surface area contributed by atoms with Crippen molar-refractivity contribution in [3.8, 4) is 0 Å². The minimum atomic E-state index is -1.00. The predicted molar refractivity (Wildman–Crippen MR) is 25.0 cm³/mol. The van der Waals surface area contributed by atoms with Crippen molar-refractivity contribution >= 4 is 23.1 Å². The molecular formula is H3NO7S2. The van der Waals surface area contributed by atoms with Crippen LogP contribution in [0, 0.1) is 0 Å². The highest BCUT2D eigenvalue weighted by Gasteiger charge is 1.64. The van der Waals surface area contributed by atoms with Gasteiger partial charge in [0.2, 0.25) is 0 Å². The minimum Gasteiger partial charge on any atom is -0.266 e. The highest BCUT2D eigenvalue weighted by Crippen LogP contribution is 1.43. The maximum Gasteiger partial charge on any atom is 0.335 e. The van der Waals surface area contributed by atoms with Gasteiger partial charge in [-0.3, -0.25) is 15.6 Å². The van der Waals surface area contributed by atoms with Gasteiger partial charge >= 0.3 is 23.1 Å². The Balaban J connectivity index is -0.0000000750. The van der Waals surface area contributed by atoms with Crippen molar-refractivity contribution in [2.75, 3.05) is 0 Å². The lowest BCUT2D eigenvalue weighted by molar-refractivity contribution is -0.472. The topological polar surface area (TPSA) is 132 Å². The molecule has 0 saturated heterocycles. The maximum atomic E-state index is 8.29. The first-order valence-electron chi connectivity index (χ1n) is 1.27. The van der Waals surface area contributed by atoms with Gasteiger partial charge in [0.15, 0.2) is 0 Å². The predicted octanol–water partition coefficient (Wildman–Crippen LogP) is -1.88. The van der Waals surface area contributed by atoms with Crippen molar-refractivity contribution in [1.29, 1.82) is 0 Å². The van der Waals surface area contributed by atoms with Crippen LogP contribution in [0.2, 0.25) is 0 Å². The standard InChI is InChI=1S/H3NO3.2O2S/c2-1(3)4;2*1-3-2/h2-4H;;. The van der Waals surface area contributed by atoms with Gasteiger partial charge in [0.05, 0.1) is 5.39 Å². The van der Waals surface area contributed by atoms with Crippen LogP contribution < -0.4 is 0 Å². The Morgan fingerprint density at radius 3 is 0.800 bits per heavy atom. The van der Waals surface area contributed by atoms with Crippen molar-refractivity contribution < 1.29 is 32.5 Å². The van der Waals surface area contributed by atoms with E-state index in [0.717, 1.165) is 0 Å². The van der Waals surface area contributed by atoms with Crippen LogP contribution in [-0.2, 0) is 23.1 Å². The molecule has 0 atom stereocenters. The molecule has 0 saturated carbocycles. The Bertz CT molecular complexity index is 92.0. The average Bonchev–Trinajstić information content (AvgIpc) is 1.65. The molecule has 0 aliphatic carbocycles. The van der Waals surface area contributed by atoms with Crippen LogP contribution in [0.5, 0.6) is 0 Å². The van der Waals surface area contributed by atoms with E-state index in [1.807, 2.05) is 0 Å². The van der Waals surface area contributed by atoms with Gasteiger partial charge < -0.3 is 0 Å². The molecule has 62 valence electrons. The molecule has 0 rings (SSSR count). The van der Waals surface area contributed by atoms with E-state index in [-0.39, 0.29) is 0 Å². The van der Waals surface area contributed by atoms with Crippen molar-refractivity contribution in [3.63, 3.8) is 0 Å². The van der Waals surface area contributed by atoms with Gasteiger partial charge in [-0.25, -0.2) is 0 Å². The number of hydrogen-bond acceptors (Lipinski definition) is 8. The molecule has 0 heterocycles. The van der Waals surface area contributed by atoms with Crippen LogP contribution in [0.4, 0.5) is 0 Å². The largest absolute Gasteiger partial charge is 0.335 e. The van der Waals surface area contributed by atoms with Crippen LogP contribution in [-0.4, -0.2) is 37.8 Å². The van der Waals surface area contributed by atoms with Gasteiger partial charge in [0.1, 0.15) is 0 Å². The summed E-state index contributed by atoms with van der Waals surface area (Å²) in [6.07, 6.45) is 0. The van der Waals surface area contributed by atoms with Gasteiger partial charge in [-0.15, -0.1) is 0 Å². The molecule has 10 heavy (non-hydrogen) atoms. The molecule has 0 bridgehead atoms. The van der Waals surface area contributed by atoms with Crippen LogP contribution in [0.1, 0.15) is 0 Å². The monoisotopic (exact) mass is 193 g/mol. The molecule has 0 aromatic heterocycles. The van der Waals surface area contributed by atoms with Crippen LogP contribution >= 0.6 is 0 Å². The summed E-state index contributed by atoms with van der Waals surface area (Å²) in [4.78, 5) is 0. The molecule has 0 aliphatic rings. The summed E-state index contributed by atoms with van der Waals surface area (Å²) in [5.74, 6) is 0. The highest BCUT2D eigenvalue weighted by molar-refractivity contribution is 7.51. The third-order valence-corrected chi connectivity index (χ3v) is 0. The molecule has 0 radical (unpaired) electrons. The summed E-state index contributed by atoms with van der Waals surface area (Å²) in [7, 11) is 0. The van der Waals surface area contributed by atoms with E-state index in [0.29, 0.717) is 0 Å². The number of hydrogen-bond donors (Lipinski definition) is 3. The summed E-state index contributed by atoms with van der Waals surface area (Å²) >= 11 is -1.50. The first-order chi connectivity index (χ1) is 4.56. The van der Waals surface area contributed by atoms with Gasteiger partial charge in [0, 0.05) is 0 Å². The Morgan fingerprint density at radius 1 is 0.800 bits per heavy atom. The van der Waals surface area contributed by atoms with E-state index in [2.05, 4.69) is 0 Å². The third-order valence-electron chi connectivity index (χ3n) is 0. The van der Waals surface area contributed by atoms with E-state index in [4.69, 9.17) is 32.5 Å². The summed E-state index contributed by atoms with van der Waals surface area (Å²) in [5, 5.41) is 20.0. The fourth-order valence-electron chi connectivity index (χ4n) is 0.